The number of hydrogen-bond acceptors (Lipinski definition) is 5. The lowest BCUT2D eigenvalue weighted by Crippen LogP contribution is -2.50. The summed E-state index contributed by atoms with van der Waals surface area (Å²) in [6, 6.07) is 9.08. The second kappa shape index (κ2) is 11.0. The summed E-state index contributed by atoms with van der Waals surface area (Å²) in [6.45, 7) is 11.7. The quantitative estimate of drug-likeness (QED) is 0.563. The molecule has 1 aromatic rings. The van der Waals surface area contributed by atoms with Crippen molar-refractivity contribution in [2.24, 2.45) is 5.92 Å². The molecule has 1 aliphatic rings. The van der Waals surface area contributed by atoms with Crippen LogP contribution in [0, 0.1) is 5.92 Å². The minimum atomic E-state index is -0.612. The lowest BCUT2D eigenvalue weighted by Gasteiger charge is -2.32. The number of nitrogens with zero attached hydrogens (tertiary/aromatic N) is 2. The van der Waals surface area contributed by atoms with Crippen LogP contribution in [0.2, 0.25) is 0 Å². The van der Waals surface area contributed by atoms with Crippen LogP contribution in [-0.4, -0.2) is 65.2 Å². The first kappa shape index (κ1) is 26.7. The van der Waals surface area contributed by atoms with E-state index in [1.165, 1.54) is 4.90 Å². The fourth-order valence-electron chi connectivity index (χ4n) is 3.89. The van der Waals surface area contributed by atoms with Crippen LogP contribution in [0.1, 0.15) is 66.4 Å². The summed E-state index contributed by atoms with van der Waals surface area (Å²) in [5, 5.41) is 0. The first-order valence-electron chi connectivity index (χ1n) is 11.8. The van der Waals surface area contributed by atoms with Crippen LogP contribution in [0.4, 0.5) is 4.79 Å². The van der Waals surface area contributed by atoms with Gasteiger partial charge in [0.15, 0.2) is 0 Å². The van der Waals surface area contributed by atoms with Gasteiger partial charge in [0.2, 0.25) is 0 Å². The Labute approximate surface area is 198 Å². The second-order valence-corrected chi connectivity index (χ2v) is 10.8. The van der Waals surface area contributed by atoms with Gasteiger partial charge < -0.3 is 19.3 Å². The minimum Gasteiger partial charge on any atom is -0.460 e. The van der Waals surface area contributed by atoms with E-state index in [1.807, 2.05) is 71.9 Å². The highest BCUT2D eigenvalue weighted by molar-refractivity contribution is 5.85. The molecule has 0 saturated carbocycles. The highest BCUT2D eigenvalue weighted by Crippen LogP contribution is 2.24. The van der Waals surface area contributed by atoms with Gasteiger partial charge in [0.1, 0.15) is 17.2 Å². The molecule has 1 saturated heterocycles. The normalized spacial score (nSPS) is 17.4. The zero-order valence-electron chi connectivity index (χ0n) is 21.2. The summed E-state index contributed by atoms with van der Waals surface area (Å²) in [7, 11) is 1.67. The van der Waals surface area contributed by atoms with Gasteiger partial charge in [0.25, 0.3) is 0 Å². The van der Waals surface area contributed by atoms with Gasteiger partial charge in [-0.3, -0.25) is 4.79 Å². The molecule has 1 fully saturated rings. The third-order valence-electron chi connectivity index (χ3n) is 5.36. The molecule has 2 atom stereocenters. The SMILES string of the molecule is CN(CC(CCc1ccccc1)C(=O)OC(C)(C)C)C(=O)N1CCC[C@H]1C(=O)OC(C)(C)C. The van der Waals surface area contributed by atoms with Crippen LogP contribution in [0.5, 0.6) is 0 Å². The molecule has 7 nitrogen and oxygen atoms in total. The maximum absolute atomic E-state index is 13.2. The molecular weight excluding hydrogens is 420 g/mol. The number of urea groups is 1. The van der Waals surface area contributed by atoms with E-state index in [9.17, 15) is 14.4 Å². The van der Waals surface area contributed by atoms with E-state index in [0.29, 0.717) is 25.8 Å². The van der Waals surface area contributed by atoms with Gasteiger partial charge in [-0.25, -0.2) is 9.59 Å². The molecule has 1 unspecified atom stereocenters. The molecule has 0 N–H and O–H groups in total. The van der Waals surface area contributed by atoms with E-state index < -0.39 is 23.2 Å². The first-order chi connectivity index (χ1) is 15.3. The van der Waals surface area contributed by atoms with Crippen molar-refractivity contribution in [3.8, 4) is 0 Å². The zero-order valence-corrected chi connectivity index (χ0v) is 21.2. The Morgan fingerprint density at radius 3 is 2.21 bits per heavy atom. The largest absolute Gasteiger partial charge is 0.460 e. The van der Waals surface area contributed by atoms with Crippen LogP contribution in [-0.2, 0) is 25.5 Å². The van der Waals surface area contributed by atoms with Crippen molar-refractivity contribution in [1.29, 1.82) is 0 Å². The smallest absolute Gasteiger partial charge is 0.329 e. The second-order valence-electron chi connectivity index (χ2n) is 10.8. The van der Waals surface area contributed by atoms with Crippen molar-refractivity contribution >= 4 is 18.0 Å². The Morgan fingerprint density at radius 2 is 1.64 bits per heavy atom. The molecule has 33 heavy (non-hydrogen) atoms. The number of esters is 2. The fraction of sp³-hybridized carbons (Fsp3) is 0.654. The Kier molecular flexibility index (Phi) is 8.92. The number of rotatable bonds is 7. The highest BCUT2D eigenvalue weighted by Gasteiger charge is 2.39. The number of ether oxygens (including phenoxy) is 2. The van der Waals surface area contributed by atoms with Gasteiger partial charge in [-0.2, -0.15) is 0 Å². The van der Waals surface area contributed by atoms with Crippen molar-refractivity contribution in [1.82, 2.24) is 9.80 Å². The topological polar surface area (TPSA) is 76.2 Å². The number of amides is 2. The number of carbonyl (C=O) groups excluding carboxylic acids is 3. The maximum atomic E-state index is 13.2. The lowest BCUT2D eigenvalue weighted by molar-refractivity contribution is -0.161. The molecule has 1 aromatic carbocycles. The molecule has 184 valence electrons. The monoisotopic (exact) mass is 460 g/mol. The lowest BCUT2D eigenvalue weighted by atomic mass is 9.98. The Morgan fingerprint density at radius 1 is 1.03 bits per heavy atom. The van der Waals surface area contributed by atoms with Gasteiger partial charge in [-0.1, -0.05) is 30.3 Å². The van der Waals surface area contributed by atoms with Crippen LogP contribution >= 0.6 is 0 Å². The molecule has 2 rings (SSSR count). The molecule has 0 aromatic heterocycles. The molecule has 2 amide bonds. The summed E-state index contributed by atoms with van der Waals surface area (Å²) in [5.74, 6) is -1.17. The number of benzene rings is 1. The third-order valence-corrected chi connectivity index (χ3v) is 5.36. The van der Waals surface area contributed by atoms with Crippen LogP contribution < -0.4 is 0 Å². The van der Waals surface area contributed by atoms with E-state index in [0.717, 1.165) is 12.0 Å². The average Bonchev–Trinajstić information content (AvgIpc) is 3.18. The molecular formula is C26H40N2O5. The Bertz CT molecular complexity index is 810. The summed E-state index contributed by atoms with van der Waals surface area (Å²) < 4.78 is 11.2. The van der Waals surface area contributed by atoms with Gasteiger partial charge in [0.05, 0.1) is 5.92 Å². The van der Waals surface area contributed by atoms with Crippen LogP contribution in [0.15, 0.2) is 30.3 Å². The predicted octanol–water partition coefficient (Wildman–Crippen LogP) is 4.44. The molecule has 0 bridgehead atoms. The Hall–Kier alpha value is -2.57. The van der Waals surface area contributed by atoms with E-state index in [4.69, 9.17) is 9.47 Å². The molecule has 0 radical (unpaired) electrons. The van der Waals surface area contributed by atoms with Crippen molar-refractivity contribution in [2.75, 3.05) is 20.1 Å². The predicted molar refractivity (Wildman–Crippen MR) is 128 cm³/mol. The van der Waals surface area contributed by atoms with Gasteiger partial charge in [0, 0.05) is 20.1 Å². The molecule has 0 spiro atoms. The first-order valence-corrected chi connectivity index (χ1v) is 11.8. The van der Waals surface area contributed by atoms with E-state index in [2.05, 4.69) is 0 Å². The molecule has 7 heteroatoms. The minimum absolute atomic E-state index is 0.220. The maximum Gasteiger partial charge on any atom is 0.329 e. The summed E-state index contributed by atoms with van der Waals surface area (Å²) >= 11 is 0. The van der Waals surface area contributed by atoms with E-state index in [-0.39, 0.29) is 24.5 Å². The zero-order chi connectivity index (χ0) is 24.8. The molecule has 1 heterocycles. The van der Waals surface area contributed by atoms with Crippen molar-refractivity contribution < 1.29 is 23.9 Å². The Balaban J connectivity index is 2.09. The molecule has 1 aliphatic heterocycles. The number of carbonyl (C=O) groups is 3. The van der Waals surface area contributed by atoms with Crippen molar-refractivity contribution in [3.05, 3.63) is 35.9 Å². The van der Waals surface area contributed by atoms with Gasteiger partial charge in [-0.15, -0.1) is 0 Å². The van der Waals surface area contributed by atoms with Gasteiger partial charge in [-0.05, 0) is 72.8 Å². The van der Waals surface area contributed by atoms with Crippen LogP contribution in [0.25, 0.3) is 0 Å². The summed E-state index contributed by atoms with van der Waals surface area (Å²) in [4.78, 5) is 41.9. The number of likely N-dealkylation sites (tertiary alicyclic amines) is 1. The number of hydrogen-bond donors (Lipinski definition) is 0. The summed E-state index contributed by atoms with van der Waals surface area (Å²) in [5.41, 5.74) is -0.0920. The standard InChI is InChI=1S/C26H40N2O5/c1-25(2,3)32-22(29)20(16-15-19-12-9-8-10-13-19)18-27(7)24(31)28-17-11-14-21(28)23(30)33-26(4,5)6/h8-10,12-13,20-21H,11,14-18H2,1-7H3/t20?,21-/m0/s1. The highest BCUT2D eigenvalue weighted by atomic mass is 16.6. The fourth-order valence-corrected chi connectivity index (χ4v) is 3.89. The van der Waals surface area contributed by atoms with Crippen molar-refractivity contribution in [3.63, 3.8) is 0 Å². The van der Waals surface area contributed by atoms with Crippen molar-refractivity contribution in [2.45, 2.75) is 84.5 Å². The summed E-state index contributed by atoms with van der Waals surface area (Å²) in [6.07, 6.45) is 2.59. The average molecular weight is 461 g/mol. The third kappa shape index (κ3) is 8.71. The van der Waals surface area contributed by atoms with E-state index in [1.54, 1.807) is 11.9 Å². The number of aryl methyl sites for hydroxylation is 1. The molecule has 0 aliphatic carbocycles. The van der Waals surface area contributed by atoms with E-state index >= 15 is 0 Å². The van der Waals surface area contributed by atoms with Crippen LogP contribution in [0.3, 0.4) is 0 Å². The van der Waals surface area contributed by atoms with Gasteiger partial charge >= 0.3 is 18.0 Å².